The smallest absolute Gasteiger partial charge is 0.144 e. The van der Waals surface area contributed by atoms with Gasteiger partial charge in [0, 0.05) is 90.4 Å². The van der Waals surface area contributed by atoms with Crippen LogP contribution >= 0.6 is 0 Å². The van der Waals surface area contributed by atoms with Crippen molar-refractivity contribution in [2.24, 2.45) is 11.8 Å². The van der Waals surface area contributed by atoms with E-state index >= 15 is 0 Å². The Kier molecular flexibility index (Phi) is 7.25. The van der Waals surface area contributed by atoms with Gasteiger partial charge < -0.3 is 19.9 Å². The van der Waals surface area contributed by atoms with Gasteiger partial charge in [0.15, 0.2) is 0 Å². The summed E-state index contributed by atoms with van der Waals surface area (Å²) in [7, 11) is 0. The number of carbonyl (C=O) groups excluding carboxylic acids is 1. The van der Waals surface area contributed by atoms with Crippen LogP contribution in [0.3, 0.4) is 0 Å². The number of hydrogen-bond donors (Lipinski definition) is 1. The van der Waals surface area contributed by atoms with E-state index in [1.54, 1.807) is 0 Å². The fourth-order valence-electron chi connectivity index (χ4n) is 4.39. The average Bonchev–Trinajstić information content (AvgIpc) is 2.59. The number of ketones is 1. The van der Waals surface area contributed by atoms with Crippen LogP contribution in [-0.4, -0.2) is 105 Å². The molecule has 3 rings (SSSR count). The highest BCUT2D eigenvalue weighted by Gasteiger charge is 2.40. The minimum absolute atomic E-state index is 0.224. The molecule has 6 heteroatoms. The maximum Gasteiger partial charge on any atom is 0.144 e. The number of piperidine rings is 2. The second-order valence-corrected chi connectivity index (χ2v) is 8.18. The molecule has 0 spiro atoms. The lowest BCUT2D eigenvalue weighted by molar-refractivity contribution is -0.137. The van der Waals surface area contributed by atoms with E-state index in [-0.39, 0.29) is 11.8 Å². The number of piperazine rings is 1. The van der Waals surface area contributed by atoms with Crippen molar-refractivity contribution >= 4 is 5.78 Å². The summed E-state index contributed by atoms with van der Waals surface area (Å²) in [6.45, 7) is 16.7. The summed E-state index contributed by atoms with van der Waals surface area (Å²) < 4.78 is 5.64. The van der Waals surface area contributed by atoms with E-state index in [9.17, 15) is 4.79 Å². The molecule has 0 aromatic carbocycles. The SMILES string of the molecule is CC(C)OCCCN1CC2CN(CCN3CCNCC3)CC(C1)C2=O. The second-order valence-electron chi connectivity index (χ2n) is 8.18. The molecule has 2 atom stereocenters. The lowest BCUT2D eigenvalue weighted by atomic mass is 9.83. The van der Waals surface area contributed by atoms with Gasteiger partial charge in [-0.25, -0.2) is 0 Å². The van der Waals surface area contributed by atoms with Gasteiger partial charge in [-0.15, -0.1) is 0 Å². The Labute approximate surface area is 152 Å². The number of ether oxygens (including phenoxy) is 1. The number of hydrogen-bond acceptors (Lipinski definition) is 6. The summed E-state index contributed by atoms with van der Waals surface area (Å²) in [5.74, 6) is 0.969. The van der Waals surface area contributed by atoms with Crippen LogP contribution in [0.1, 0.15) is 20.3 Å². The standard InChI is InChI=1S/C19H36N4O2/c1-16(2)25-11-3-6-22-12-17-14-23(15-18(13-22)19(17)24)10-9-21-7-4-20-5-8-21/h16-18,20H,3-15H2,1-2H3. The van der Waals surface area contributed by atoms with Crippen molar-refractivity contribution in [3.05, 3.63) is 0 Å². The summed E-state index contributed by atoms with van der Waals surface area (Å²) in [6.07, 6.45) is 1.38. The zero-order valence-corrected chi connectivity index (χ0v) is 16.1. The average molecular weight is 353 g/mol. The summed E-state index contributed by atoms with van der Waals surface area (Å²) in [5, 5.41) is 3.41. The molecular weight excluding hydrogens is 316 g/mol. The Morgan fingerprint density at radius 1 is 0.960 bits per heavy atom. The number of nitrogens with one attached hydrogen (secondary N) is 1. The molecule has 3 saturated heterocycles. The molecule has 1 N–H and O–H groups in total. The third-order valence-corrected chi connectivity index (χ3v) is 5.73. The third-order valence-electron chi connectivity index (χ3n) is 5.73. The summed E-state index contributed by atoms with van der Waals surface area (Å²) in [6, 6.07) is 0. The molecule has 0 aromatic rings. The molecule has 3 heterocycles. The summed E-state index contributed by atoms with van der Waals surface area (Å²) in [5.41, 5.74) is 0. The highest BCUT2D eigenvalue weighted by Crippen LogP contribution is 2.25. The number of carbonyl (C=O) groups is 1. The van der Waals surface area contributed by atoms with Crippen LogP contribution in [0.5, 0.6) is 0 Å². The van der Waals surface area contributed by atoms with Gasteiger partial charge in [-0.05, 0) is 20.3 Å². The quantitative estimate of drug-likeness (QED) is 0.627. The van der Waals surface area contributed by atoms with Gasteiger partial charge in [0.2, 0.25) is 0 Å². The number of Topliss-reactive ketones (excluding diaryl/α,β-unsaturated/α-hetero) is 1. The van der Waals surface area contributed by atoms with Crippen molar-refractivity contribution in [3.63, 3.8) is 0 Å². The topological polar surface area (TPSA) is 48.1 Å². The van der Waals surface area contributed by atoms with E-state index in [0.717, 1.165) is 85.0 Å². The molecule has 25 heavy (non-hydrogen) atoms. The van der Waals surface area contributed by atoms with Crippen molar-refractivity contribution in [2.45, 2.75) is 26.4 Å². The zero-order chi connectivity index (χ0) is 17.6. The molecule has 3 fully saturated rings. The van der Waals surface area contributed by atoms with Crippen LogP contribution in [0, 0.1) is 11.8 Å². The van der Waals surface area contributed by atoms with Gasteiger partial charge in [-0.2, -0.15) is 0 Å². The molecule has 0 aliphatic carbocycles. The Bertz CT molecular complexity index is 408. The first kappa shape index (κ1) is 19.2. The highest BCUT2D eigenvalue weighted by atomic mass is 16.5. The van der Waals surface area contributed by atoms with Crippen molar-refractivity contribution < 1.29 is 9.53 Å². The number of fused-ring (bicyclic) bond motifs is 2. The minimum atomic E-state index is 0.224. The summed E-state index contributed by atoms with van der Waals surface area (Å²) in [4.78, 5) is 20.1. The van der Waals surface area contributed by atoms with Crippen molar-refractivity contribution in [2.75, 3.05) is 78.6 Å². The van der Waals surface area contributed by atoms with Crippen LogP contribution in [0.2, 0.25) is 0 Å². The Morgan fingerprint density at radius 2 is 1.52 bits per heavy atom. The monoisotopic (exact) mass is 352 g/mol. The van der Waals surface area contributed by atoms with Crippen molar-refractivity contribution in [3.8, 4) is 0 Å². The number of rotatable bonds is 8. The first-order valence-electron chi connectivity index (χ1n) is 10.1. The molecule has 6 nitrogen and oxygen atoms in total. The first-order chi connectivity index (χ1) is 12.1. The van der Waals surface area contributed by atoms with Crippen LogP contribution in [0.25, 0.3) is 0 Å². The predicted molar refractivity (Wildman–Crippen MR) is 99.9 cm³/mol. The van der Waals surface area contributed by atoms with Crippen LogP contribution in [-0.2, 0) is 9.53 Å². The molecule has 3 aliphatic rings. The van der Waals surface area contributed by atoms with E-state index in [1.807, 2.05) is 0 Å². The molecule has 3 aliphatic heterocycles. The van der Waals surface area contributed by atoms with Crippen LogP contribution in [0.15, 0.2) is 0 Å². The second kappa shape index (κ2) is 9.42. The van der Waals surface area contributed by atoms with Gasteiger partial charge in [-0.3, -0.25) is 9.69 Å². The Balaban J connectivity index is 1.40. The molecule has 0 radical (unpaired) electrons. The normalized spacial score (nSPS) is 29.5. The molecule has 2 bridgehead atoms. The highest BCUT2D eigenvalue weighted by molar-refractivity contribution is 5.85. The molecule has 0 amide bonds. The third kappa shape index (κ3) is 5.73. The van der Waals surface area contributed by atoms with Gasteiger partial charge in [-0.1, -0.05) is 0 Å². The largest absolute Gasteiger partial charge is 0.379 e. The van der Waals surface area contributed by atoms with Crippen molar-refractivity contribution in [1.82, 2.24) is 20.0 Å². The van der Waals surface area contributed by atoms with Crippen molar-refractivity contribution in [1.29, 1.82) is 0 Å². The maximum absolute atomic E-state index is 12.5. The number of nitrogens with zero attached hydrogens (tertiary/aromatic N) is 3. The van der Waals surface area contributed by atoms with E-state index in [1.165, 1.54) is 0 Å². The fourth-order valence-corrected chi connectivity index (χ4v) is 4.39. The molecule has 2 unspecified atom stereocenters. The van der Waals surface area contributed by atoms with E-state index in [2.05, 4.69) is 33.9 Å². The Morgan fingerprint density at radius 3 is 2.12 bits per heavy atom. The number of likely N-dealkylation sites (tertiary alicyclic amines) is 2. The first-order valence-corrected chi connectivity index (χ1v) is 10.1. The molecule has 144 valence electrons. The van der Waals surface area contributed by atoms with E-state index < -0.39 is 0 Å². The van der Waals surface area contributed by atoms with Gasteiger partial charge in [0.1, 0.15) is 5.78 Å². The van der Waals surface area contributed by atoms with Gasteiger partial charge in [0.25, 0.3) is 0 Å². The van der Waals surface area contributed by atoms with E-state index in [4.69, 9.17) is 4.74 Å². The lowest BCUT2D eigenvalue weighted by Gasteiger charge is -2.45. The zero-order valence-electron chi connectivity index (χ0n) is 16.1. The maximum atomic E-state index is 12.5. The molecular formula is C19H36N4O2. The molecule has 0 aromatic heterocycles. The van der Waals surface area contributed by atoms with E-state index in [0.29, 0.717) is 11.9 Å². The minimum Gasteiger partial charge on any atom is -0.379 e. The lowest BCUT2D eigenvalue weighted by Crippen LogP contribution is -2.59. The van der Waals surface area contributed by atoms with Gasteiger partial charge in [0.05, 0.1) is 6.10 Å². The summed E-state index contributed by atoms with van der Waals surface area (Å²) >= 11 is 0. The predicted octanol–water partition coefficient (Wildman–Crippen LogP) is 0.139. The van der Waals surface area contributed by atoms with Gasteiger partial charge >= 0.3 is 0 Å². The van der Waals surface area contributed by atoms with Crippen LogP contribution < -0.4 is 5.32 Å². The van der Waals surface area contributed by atoms with Crippen LogP contribution in [0.4, 0.5) is 0 Å². The Hall–Kier alpha value is -0.530. The molecule has 0 saturated carbocycles. The fraction of sp³-hybridized carbons (Fsp3) is 0.947.